The molecular formula is C16H13ClS. The fraction of sp³-hybridized carbons (Fsp3) is 0.125. The molecule has 3 rings (SSSR count). The molecule has 0 heterocycles. The predicted octanol–water partition coefficient (Wildman–Crippen LogP) is 5.59. The van der Waals surface area contributed by atoms with Gasteiger partial charge in [-0.1, -0.05) is 66.7 Å². The summed E-state index contributed by atoms with van der Waals surface area (Å²) in [5.74, 6) is 0.461. The monoisotopic (exact) mass is 272 g/mol. The third-order valence-corrected chi connectivity index (χ3v) is 4.98. The molecule has 90 valence electrons. The van der Waals surface area contributed by atoms with Crippen LogP contribution in [-0.2, 0) is 0 Å². The second-order valence-corrected chi connectivity index (χ2v) is 5.95. The van der Waals surface area contributed by atoms with Crippen LogP contribution in [0.25, 0.3) is 6.08 Å². The van der Waals surface area contributed by atoms with E-state index < -0.39 is 0 Å². The van der Waals surface area contributed by atoms with Crippen LogP contribution in [0.3, 0.4) is 0 Å². The Morgan fingerprint density at radius 3 is 2.50 bits per heavy atom. The van der Waals surface area contributed by atoms with Gasteiger partial charge < -0.3 is 0 Å². The quantitative estimate of drug-likeness (QED) is 0.687. The van der Waals surface area contributed by atoms with E-state index in [1.54, 1.807) is 11.8 Å². The minimum Gasteiger partial charge on any atom is -0.0923 e. The van der Waals surface area contributed by atoms with Gasteiger partial charge in [-0.25, -0.2) is 0 Å². The Morgan fingerprint density at radius 1 is 1.00 bits per heavy atom. The molecule has 0 amide bonds. The van der Waals surface area contributed by atoms with Gasteiger partial charge in [0.15, 0.2) is 0 Å². The van der Waals surface area contributed by atoms with Gasteiger partial charge in [0.2, 0.25) is 0 Å². The van der Waals surface area contributed by atoms with Gasteiger partial charge in [-0.15, -0.1) is 0 Å². The van der Waals surface area contributed by atoms with E-state index in [2.05, 4.69) is 43.3 Å². The van der Waals surface area contributed by atoms with Crippen LogP contribution in [0.4, 0.5) is 0 Å². The average Bonchev–Trinajstić information content (AvgIpc) is 2.70. The Kier molecular flexibility index (Phi) is 3.19. The molecular weight excluding hydrogens is 260 g/mol. The lowest BCUT2D eigenvalue weighted by Crippen LogP contribution is -1.90. The molecule has 1 aliphatic rings. The van der Waals surface area contributed by atoms with Gasteiger partial charge in [-0.2, -0.15) is 0 Å². The number of rotatable bonds is 2. The van der Waals surface area contributed by atoms with Gasteiger partial charge in [-0.05, 0) is 34.2 Å². The summed E-state index contributed by atoms with van der Waals surface area (Å²) in [5.41, 5.74) is 2.74. The lowest BCUT2D eigenvalue weighted by molar-refractivity contribution is 0.975. The topological polar surface area (TPSA) is 0 Å². The van der Waals surface area contributed by atoms with Crippen LogP contribution in [0.1, 0.15) is 24.0 Å². The highest BCUT2D eigenvalue weighted by Gasteiger charge is 2.21. The lowest BCUT2D eigenvalue weighted by Gasteiger charge is -2.11. The van der Waals surface area contributed by atoms with Crippen molar-refractivity contribution in [3.63, 3.8) is 0 Å². The van der Waals surface area contributed by atoms with E-state index >= 15 is 0 Å². The minimum atomic E-state index is 0.461. The van der Waals surface area contributed by atoms with Crippen LogP contribution in [0.5, 0.6) is 0 Å². The number of fused-ring (bicyclic) bond motifs is 1. The summed E-state index contributed by atoms with van der Waals surface area (Å²) in [4.78, 5) is 2.49. The van der Waals surface area contributed by atoms with Crippen molar-refractivity contribution < 1.29 is 0 Å². The van der Waals surface area contributed by atoms with Gasteiger partial charge in [-0.3, -0.25) is 0 Å². The fourth-order valence-electron chi connectivity index (χ4n) is 2.24. The molecule has 1 aliphatic carbocycles. The summed E-state index contributed by atoms with van der Waals surface area (Å²) in [7, 11) is 0. The number of halogens is 1. The maximum absolute atomic E-state index is 6.21. The molecule has 1 atom stereocenters. The molecule has 18 heavy (non-hydrogen) atoms. The molecule has 0 N–H and O–H groups in total. The number of benzene rings is 2. The standard InChI is InChI=1S/C16H13ClS/c1-11-13-7-3-2-6-12(13)10-16(11)18-15-9-5-4-8-14(15)17/h2-11H,1H3. The van der Waals surface area contributed by atoms with E-state index in [1.165, 1.54) is 16.0 Å². The maximum atomic E-state index is 6.21. The van der Waals surface area contributed by atoms with Crippen molar-refractivity contribution >= 4 is 29.4 Å². The SMILES string of the molecule is CC1C(Sc2ccccc2Cl)=Cc2ccccc21. The van der Waals surface area contributed by atoms with Crippen molar-refractivity contribution in [1.29, 1.82) is 0 Å². The van der Waals surface area contributed by atoms with Gasteiger partial charge in [0.25, 0.3) is 0 Å². The van der Waals surface area contributed by atoms with Crippen molar-refractivity contribution in [2.24, 2.45) is 0 Å². The first-order chi connectivity index (χ1) is 8.75. The lowest BCUT2D eigenvalue weighted by atomic mass is 10.0. The Labute approximate surface area is 117 Å². The number of hydrogen-bond acceptors (Lipinski definition) is 1. The smallest absolute Gasteiger partial charge is 0.0545 e. The van der Waals surface area contributed by atoms with E-state index in [1.807, 2.05) is 18.2 Å². The average molecular weight is 273 g/mol. The van der Waals surface area contributed by atoms with Crippen molar-refractivity contribution in [3.8, 4) is 0 Å². The summed E-state index contributed by atoms with van der Waals surface area (Å²) in [6.07, 6.45) is 2.27. The van der Waals surface area contributed by atoms with Crippen LogP contribution < -0.4 is 0 Å². The molecule has 0 fully saturated rings. The second-order valence-electron chi connectivity index (χ2n) is 4.43. The van der Waals surface area contributed by atoms with Crippen LogP contribution in [-0.4, -0.2) is 0 Å². The zero-order valence-corrected chi connectivity index (χ0v) is 11.6. The van der Waals surface area contributed by atoms with E-state index in [9.17, 15) is 0 Å². The van der Waals surface area contributed by atoms with Crippen molar-refractivity contribution in [3.05, 3.63) is 69.6 Å². The fourth-order valence-corrected chi connectivity index (χ4v) is 3.55. The van der Waals surface area contributed by atoms with E-state index in [0.29, 0.717) is 5.92 Å². The van der Waals surface area contributed by atoms with Crippen LogP contribution in [0, 0.1) is 0 Å². The predicted molar refractivity (Wildman–Crippen MR) is 80.1 cm³/mol. The molecule has 2 aromatic carbocycles. The molecule has 0 spiro atoms. The Hall–Kier alpha value is -1.18. The number of hydrogen-bond donors (Lipinski definition) is 0. The van der Waals surface area contributed by atoms with Crippen LogP contribution in [0.15, 0.2) is 58.3 Å². The summed E-state index contributed by atoms with van der Waals surface area (Å²) >= 11 is 7.99. The van der Waals surface area contributed by atoms with E-state index in [0.717, 1.165) is 9.92 Å². The summed E-state index contributed by atoms with van der Waals surface area (Å²) in [5, 5.41) is 0.826. The Morgan fingerprint density at radius 2 is 1.72 bits per heavy atom. The normalized spacial score (nSPS) is 17.4. The zero-order chi connectivity index (χ0) is 12.5. The third kappa shape index (κ3) is 2.09. The highest BCUT2D eigenvalue weighted by Crippen LogP contribution is 2.45. The number of allylic oxidation sites excluding steroid dienone is 1. The Bertz CT molecular complexity index is 616. The molecule has 0 saturated carbocycles. The summed E-state index contributed by atoms with van der Waals surface area (Å²) in [6, 6.07) is 16.6. The maximum Gasteiger partial charge on any atom is 0.0545 e. The number of thioether (sulfide) groups is 1. The Balaban J connectivity index is 1.91. The van der Waals surface area contributed by atoms with Crippen molar-refractivity contribution in [2.75, 3.05) is 0 Å². The van der Waals surface area contributed by atoms with Crippen LogP contribution >= 0.6 is 23.4 Å². The molecule has 0 bridgehead atoms. The highest BCUT2D eigenvalue weighted by atomic mass is 35.5. The van der Waals surface area contributed by atoms with Gasteiger partial charge in [0, 0.05) is 10.8 Å². The van der Waals surface area contributed by atoms with Gasteiger partial charge in [0.1, 0.15) is 0 Å². The van der Waals surface area contributed by atoms with Crippen molar-refractivity contribution in [1.82, 2.24) is 0 Å². The van der Waals surface area contributed by atoms with E-state index in [4.69, 9.17) is 11.6 Å². The molecule has 0 nitrogen and oxygen atoms in total. The molecule has 2 heteroatoms. The largest absolute Gasteiger partial charge is 0.0923 e. The summed E-state index contributed by atoms with van der Waals surface area (Å²) in [6.45, 7) is 2.25. The molecule has 1 unspecified atom stereocenters. The molecule has 0 aliphatic heterocycles. The third-order valence-electron chi connectivity index (χ3n) is 3.25. The van der Waals surface area contributed by atoms with Crippen molar-refractivity contribution in [2.45, 2.75) is 17.7 Å². The molecule has 0 radical (unpaired) electrons. The summed E-state index contributed by atoms with van der Waals surface area (Å²) < 4.78 is 0. The second kappa shape index (κ2) is 4.83. The van der Waals surface area contributed by atoms with Gasteiger partial charge in [0.05, 0.1) is 5.02 Å². The van der Waals surface area contributed by atoms with Gasteiger partial charge >= 0.3 is 0 Å². The van der Waals surface area contributed by atoms with E-state index in [-0.39, 0.29) is 0 Å². The zero-order valence-electron chi connectivity index (χ0n) is 10.1. The highest BCUT2D eigenvalue weighted by molar-refractivity contribution is 8.03. The molecule has 2 aromatic rings. The van der Waals surface area contributed by atoms with Crippen LogP contribution in [0.2, 0.25) is 5.02 Å². The minimum absolute atomic E-state index is 0.461. The molecule has 0 saturated heterocycles. The first-order valence-electron chi connectivity index (χ1n) is 5.98. The first kappa shape index (κ1) is 11.9. The molecule has 0 aromatic heterocycles. The first-order valence-corrected chi connectivity index (χ1v) is 7.18.